The van der Waals surface area contributed by atoms with E-state index >= 15 is 0 Å². The summed E-state index contributed by atoms with van der Waals surface area (Å²) >= 11 is 0. The zero-order valence-electron chi connectivity index (χ0n) is 19.5. The van der Waals surface area contributed by atoms with Crippen LogP contribution in [-0.4, -0.2) is 53.0 Å². The lowest BCUT2D eigenvalue weighted by Gasteiger charge is -2.17. The van der Waals surface area contributed by atoms with Crippen LogP contribution in [0.4, 0.5) is 11.4 Å². The van der Waals surface area contributed by atoms with Gasteiger partial charge in [0.2, 0.25) is 5.91 Å². The van der Waals surface area contributed by atoms with Gasteiger partial charge in [0.25, 0.3) is 5.91 Å². The van der Waals surface area contributed by atoms with Gasteiger partial charge in [-0.2, -0.15) is 5.10 Å². The molecule has 0 unspecified atom stereocenters. The second-order valence-corrected chi connectivity index (χ2v) is 12.0. The van der Waals surface area contributed by atoms with Crippen molar-refractivity contribution in [3.63, 3.8) is 0 Å². The highest BCUT2D eigenvalue weighted by Crippen LogP contribution is 2.41. The number of carbonyl (C=O) groups is 2. The number of nitrogens with zero attached hydrogens (tertiary/aromatic N) is 4. The first kappa shape index (κ1) is 22.2. The maximum Gasteiger partial charge on any atom is 0.256 e. The molecule has 4 heterocycles. The molecule has 6 rings (SSSR count). The van der Waals surface area contributed by atoms with E-state index in [0.717, 1.165) is 30.6 Å². The SMILES string of the molecule is Cc1nn([C@@H]2CCS(=O)(=O)C2)c2nc(C3CC3)cc(C(=O)Nc3cccc(N4CCCC4=O)c3)c12. The summed E-state index contributed by atoms with van der Waals surface area (Å²) in [6.45, 7) is 2.51. The van der Waals surface area contributed by atoms with Gasteiger partial charge in [-0.1, -0.05) is 6.07 Å². The summed E-state index contributed by atoms with van der Waals surface area (Å²) in [5.41, 5.74) is 3.95. The molecule has 1 saturated carbocycles. The summed E-state index contributed by atoms with van der Waals surface area (Å²) in [4.78, 5) is 32.3. The second-order valence-electron chi connectivity index (χ2n) is 9.81. The van der Waals surface area contributed by atoms with Crippen molar-refractivity contribution < 1.29 is 18.0 Å². The molecule has 1 aromatic carbocycles. The largest absolute Gasteiger partial charge is 0.322 e. The van der Waals surface area contributed by atoms with Gasteiger partial charge in [0.05, 0.1) is 34.2 Å². The topological polar surface area (TPSA) is 114 Å². The van der Waals surface area contributed by atoms with Crippen molar-refractivity contribution in [3.05, 3.63) is 47.3 Å². The summed E-state index contributed by atoms with van der Waals surface area (Å²) < 4.78 is 25.9. The lowest BCUT2D eigenvalue weighted by atomic mass is 10.1. The fourth-order valence-corrected chi connectivity index (χ4v) is 6.89. The average molecular weight is 494 g/mol. The molecular formula is C25H27N5O4S. The normalized spacial score (nSPS) is 21.7. The molecule has 1 aliphatic carbocycles. The molecule has 9 nitrogen and oxygen atoms in total. The third-order valence-corrected chi connectivity index (χ3v) is 8.89. The molecule has 2 amide bonds. The van der Waals surface area contributed by atoms with E-state index in [9.17, 15) is 18.0 Å². The van der Waals surface area contributed by atoms with Gasteiger partial charge in [0, 0.05) is 36.0 Å². The molecule has 10 heteroatoms. The van der Waals surface area contributed by atoms with Gasteiger partial charge in [-0.05, 0) is 56.9 Å². The van der Waals surface area contributed by atoms with Gasteiger partial charge >= 0.3 is 0 Å². The van der Waals surface area contributed by atoms with E-state index in [1.807, 2.05) is 37.3 Å². The van der Waals surface area contributed by atoms with Crippen LogP contribution in [0.3, 0.4) is 0 Å². The maximum atomic E-state index is 13.6. The highest BCUT2D eigenvalue weighted by Gasteiger charge is 2.34. The van der Waals surface area contributed by atoms with Crippen LogP contribution in [0.5, 0.6) is 0 Å². The van der Waals surface area contributed by atoms with Crippen LogP contribution in [0.2, 0.25) is 0 Å². The van der Waals surface area contributed by atoms with E-state index in [1.54, 1.807) is 9.58 Å². The molecule has 2 saturated heterocycles. The molecule has 0 radical (unpaired) electrons. The van der Waals surface area contributed by atoms with Gasteiger partial charge in [0.1, 0.15) is 0 Å². The number of nitrogens with one attached hydrogen (secondary N) is 1. The van der Waals surface area contributed by atoms with Crippen molar-refractivity contribution in [1.82, 2.24) is 14.8 Å². The third-order valence-electron chi connectivity index (χ3n) is 7.14. The Bertz CT molecular complexity index is 1470. The number of hydrogen-bond donors (Lipinski definition) is 1. The molecular weight excluding hydrogens is 466 g/mol. The number of benzene rings is 1. The fourth-order valence-electron chi connectivity index (χ4n) is 5.19. The number of carbonyl (C=O) groups excluding carboxylic acids is 2. The minimum absolute atomic E-state index is 0.0437. The van der Waals surface area contributed by atoms with Crippen LogP contribution in [0, 0.1) is 6.92 Å². The highest BCUT2D eigenvalue weighted by atomic mass is 32.2. The molecule has 1 N–H and O–H groups in total. The predicted molar refractivity (Wildman–Crippen MR) is 133 cm³/mol. The Hall–Kier alpha value is -3.27. The lowest BCUT2D eigenvalue weighted by molar-refractivity contribution is -0.117. The number of anilines is 2. The first-order chi connectivity index (χ1) is 16.8. The number of aromatic nitrogens is 3. The smallest absolute Gasteiger partial charge is 0.256 e. The number of sulfone groups is 1. The summed E-state index contributed by atoms with van der Waals surface area (Å²) in [6.07, 6.45) is 3.92. The number of rotatable bonds is 5. The average Bonchev–Trinajstić information content (AvgIpc) is 3.37. The minimum Gasteiger partial charge on any atom is -0.322 e. The molecule has 3 aromatic rings. The Labute approximate surface area is 203 Å². The Morgan fingerprint density at radius 1 is 1.17 bits per heavy atom. The maximum absolute atomic E-state index is 13.6. The molecule has 182 valence electrons. The predicted octanol–water partition coefficient (Wildman–Crippen LogP) is 3.36. The quantitative estimate of drug-likeness (QED) is 0.583. The van der Waals surface area contributed by atoms with E-state index in [1.165, 1.54) is 0 Å². The van der Waals surface area contributed by atoms with Crippen LogP contribution in [0.25, 0.3) is 11.0 Å². The number of amides is 2. The van der Waals surface area contributed by atoms with Gasteiger partial charge < -0.3 is 10.2 Å². The second kappa shape index (κ2) is 8.15. The summed E-state index contributed by atoms with van der Waals surface area (Å²) in [5.74, 6) is 0.318. The molecule has 2 aliphatic heterocycles. The van der Waals surface area contributed by atoms with E-state index in [-0.39, 0.29) is 29.4 Å². The van der Waals surface area contributed by atoms with Gasteiger partial charge in [-0.25, -0.2) is 18.1 Å². The molecule has 1 atom stereocenters. The lowest BCUT2D eigenvalue weighted by Crippen LogP contribution is -2.23. The molecule has 35 heavy (non-hydrogen) atoms. The van der Waals surface area contributed by atoms with Crippen molar-refractivity contribution in [2.75, 3.05) is 28.3 Å². The van der Waals surface area contributed by atoms with Gasteiger partial charge in [-0.15, -0.1) is 0 Å². The van der Waals surface area contributed by atoms with E-state index in [0.29, 0.717) is 53.3 Å². The Kier molecular flexibility index (Phi) is 5.17. The van der Waals surface area contributed by atoms with Crippen molar-refractivity contribution in [2.24, 2.45) is 0 Å². The van der Waals surface area contributed by atoms with E-state index in [4.69, 9.17) is 4.98 Å². The minimum atomic E-state index is -3.10. The molecule has 0 spiro atoms. The zero-order valence-corrected chi connectivity index (χ0v) is 20.3. The van der Waals surface area contributed by atoms with E-state index in [2.05, 4.69) is 10.4 Å². The fraction of sp³-hybridized carbons (Fsp3) is 0.440. The van der Waals surface area contributed by atoms with E-state index < -0.39 is 9.84 Å². The van der Waals surface area contributed by atoms with Crippen molar-refractivity contribution >= 4 is 44.1 Å². The Balaban J connectivity index is 1.38. The highest BCUT2D eigenvalue weighted by molar-refractivity contribution is 7.91. The van der Waals surface area contributed by atoms with Crippen molar-refractivity contribution in [3.8, 4) is 0 Å². The van der Waals surface area contributed by atoms with Crippen LogP contribution >= 0.6 is 0 Å². The number of hydrogen-bond acceptors (Lipinski definition) is 6. The number of pyridine rings is 1. The standard InChI is InChI=1S/C25H27N5O4S/c1-15-23-20(25(32)26-17-4-2-5-18(12-17)29-10-3-6-22(29)31)13-21(16-7-8-16)27-24(23)30(28-15)19-9-11-35(33,34)14-19/h2,4-5,12-13,16,19H,3,6-11,14H2,1H3,(H,26,32)/t19-/m1/s1. The van der Waals surface area contributed by atoms with Crippen LogP contribution in [-0.2, 0) is 14.6 Å². The van der Waals surface area contributed by atoms with Crippen LogP contribution < -0.4 is 10.2 Å². The summed E-state index contributed by atoms with van der Waals surface area (Å²) in [7, 11) is -3.10. The first-order valence-electron chi connectivity index (χ1n) is 12.1. The molecule has 2 aromatic heterocycles. The van der Waals surface area contributed by atoms with Crippen LogP contribution in [0.1, 0.15) is 65.8 Å². The van der Waals surface area contributed by atoms with Gasteiger partial charge in [-0.3, -0.25) is 9.59 Å². The van der Waals surface area contributed by atoms with Crippen molar-refractivity contribution in [2.45, 2.75) is 51.0 Å². The Morgan fingerprint density at radius 2 is 2.00 bits per heavy atom. The Morgan fingerprint density at radius 3 is 2.69 bits per heavy atom. The zero-order chi connectivity index (χ0) is 24.3. The number of aryl methyl sites for hydroxylation is 1. The monoisotopic (exact) mass is 493 g/mol. The third kappa shape index (κ3) is 4.09. The van der Waals surface area contributed by atoms with Gasteiger partial charge in [0.15, 0.2) is 15.5 Å². The number of fused-ring (bicyclic) bond motifs is 1. The molecule has 0 bridgehead atoms. The molecule has 3 fully saturated rings. The van der Waals surface area contributed by atoms with Crippen LogP contribution in [0.15, 0.2) is 30.3 Å². The first-order valence-corrected chi connectivity index (χ1v) is 13.9. The van der Waals surface area contributed by atoms with Crippen molar-refractivity contribution in [1.29, 1.82) is 0 Å². The molecule has 3 aliphatic rings. The summed E-state index contributed by atoms with van der Waals surface area (Å²) in [5, 5.41) is 8.30. The summed E-state index contributed by atoms with van der Waals surface area (Å²) in [6, 6.07) is 8.91.